The van der Waals surface area contributed by atoms with Crippen molar-refractivity contribution in [3.63, 3.8) is 0 Å². The zero-order valence-corrected chi connectivity index (χ0v) is 15.1. The molecule has 0 atom stereocenters. The third-order valence-electron chi connectivity index (χ3n) is 3.19. The summed E-state index contributed by atoms with van der Waals surface area (Å²) in [5, 5.41) is 2.17. The number of halogens is 3. The van der Waals surface area contributed by atoms with Crippen LogP contribution >= 0.6 is 43.5 Å². The van der Waals surface area contributed by atoms with Gasteiger partial charge in [0.05, 0.1) is 15.1 Å². The van der Waals surface area contributed by atoms with Gasteiger partial charge in [-0.3, -0.25) is 0 Å². The van der Waals surface area contributed by atoms with Crippen molar-refractivity contribution in [1.29, 1.82) is 0 Å². The maximum atomic E-state index is 12.4. The molecular weight excluding hydrogens is 431 g/mol. The summed E-state index contributed by atoms with van der Waals surface area (Å²) >= 11 is 13.0. The third kappa shape index (κ3) is 2.91. The average Bonchev–Trinajstić information content (AvgIpc) is 2.51. The van der Waals surface area contributed by atoms with Gasteiger partial charge in [0, 0.05) is 9.86 Å². The lowest BCUT2D eigenvalue weighted by Crippen LogP contribution is -2.09. The van der Waals surface area contributed by atoms with Crippen LogP contribution in [0.3, 0.4) is 0 Å². The van der Waals surface area contributed by atoms with E-state index in [4.69, 9.17) is 16.3 Å². The predicted molar refractivity (Wildman–Crippen MR) is 95.8 cm³/mol. The number of rotatable bonds is 2. The van der Waals surface area contributed by atoms with Crippen molar-refractivity contribution in [2.45, 2.75) is 0 Å². The van der Waals surface area contributed by atoms with Gasteiger partial charge in [0.15, 0.2) is 5.75 Å². The molecular formula is C17H9Br2ClO2. The molecule has 0 spiro atoms. The maximum absolute atomic E-state index is 12.4. The summed E-state index contributed by atoms with van der Waals surface area (Å²) in [5.74, 6) is -0.0116. The molecule has 0 heterocycles. The highest BCUT2D eigenvalue weighted by atomic mass is 79.9. The Kier molecular flexibility index (Phi) is 4.52. The van der Waals surface area contributed by atoms with E-state index in [0.29, 0.717) is 20.8 Å². The highest BCUT2D eigenvalue weighted by Crippen LogP contribution is 2.39. The van der Waals surface area contributed by atoms with Gasteiger partial charge in [-0.1, -0.05) is 63.9 Å². The Balaban J connectivity index is 2.08. The predicted octanol–water partition coefficient (Wildman–Crippen LogP) is 6.24. The lowest BCUT2D eigenvalue weighted by Gasteiger charge is -2.12. The second kappa shape index (κ2) is 6.41. The number of hydrogen-bond donors (Lipinski definition) is 0. The second-order valence-electron chi connectivity index (χ2n) is 4.58. The molecule has 0 aliphatic heterocycles. The van der Waals surface area contributed by atoms with Gasteiger partial charge in [0.25, 0.3) is 0 Å². The Morgan fingerprint density at radius 1 is 0.909 bits per heavy atom. The summed E-state index contributed by atoms with van der Waals surface area (Å²) in [7, 11) is 0. The fraction of sp³-hybridized carbons (Fsp3) is 0. The van der Waals surface area contributed by atoms with Gasteiger partial charge in [0.2, 0.25) is 0 Å². The molecule has 0 saturated heterocycles. The van der Waals surface area contributed by atoms with E-state index in [0.717, 1.165) is 15.2 Å². The third-order valence-corrected chi connectivity index (χ3v) is 4.76. The fourth-order valence-electron chi connectivity index (χ4n) is 2.15. The van der Waals surface area contributed by atoms with Gasteiger partial charge in [-0.15, -0.1) is 0 Å². The van der Waals surface area contributed by atoms with E-state index >= 15 is 0 Å². The average molecular weight is 441 g/mol. The first-order valence-corrected chi connectivity index (χ1v) is 8.38. The summed E-state index contributed by atoms with van der Waals surface area (Å²) in [5.41, 5.74) is 0.336. The molecule has 0 N–H and O–H groups in total. The smallest absolute Gasteiger partial charge is 0.345 e. The number of carbonyl (C=O) groups is 1. The fourth-order valence-corrected chi connectivity index (χ4v) is 3.77. The van der Waals surface area contributed by atoms with Crippen LogP contribution in [0.15, 0.2) is 63.5 Å². The van der Waals surface area contributed by atoms with Gasteiger partial charge in [-0.25, -0.2) is 4.79 Å². The van der Waals surface area contributed by atoms with Crippen LogP contribution in [0.5, 0.6) is 5.75 Å². The van der Waals surface area contributed by atoms with Gasteiger partial charge < -0.3 is 4.74 Å². The van der Waals surface area contributed by atoms with Crippen LogP contribution in [0, 0.1) is 0 Å². The zero-order chi connectivity index (χ0) is 15.7. The molecule has 3 rings (SSSR count). The zero-order valence-electron chi connectivity index (χ0n) is 11.1. The van der Waals surface area contributed by atoms with Gasteiger partial charge >= 0.3 is 5.97 Å². The first-order valence-electron chi connectivity index (χ1n) is 6.41. The molecule has 0 aliphatic rings. The quantitative estimate of drug-likeness (QED) is 0.348. The van der Waals surface area contributed by atoms with Crippen LogP contribution < -0.4 is 4.74 Å². The summed E-state index contributed by atoms with van der Waals surface area (Å²) in [4.78, 5) is 12.4. The maximum Gasteiger partial charge on any atom is 0.345 e. The summed E-state index contributed by atoms with van der Waals surface area (Å²) in [6.07, 6.45) is 0. The molecule has 0 saturated carbocycles. The molecule has 2 nitrogen and oxygen atoms in total. The van der Waals surface area contributed by atoms with Crippen molar-refractivity contribution < 1.29 is 9.53 Å². The molecule has 3 aromatic carbocycles. The largest absolute Gasteiger partial charge is 0.421 e. The van der Waals surface area contributed by atoms with E-state index in [2.05, 4.69) is 31.9 Å². The highest BCUT2D eigenvalue weighted by molar-refractivity contribution is 9.11. The van der Waals surface area contributed by atoms with Crippen molar-refractivity contribution in [1.82, 2.24) is 0 Å². The molecule has 0 fully saturated rings. The molecule has 0 bridgehead atoms. The number of esters is 1. The summed E-state index contributed by atoms with van der Waals surface area (Å²) < 4.78 is 7.21. The molecule has 110 valence electrons. The summed E-state index contributed by atoms with van der Waals surface area (Å²) in [6.45, 7) is 0. The van der Waals surface area contributed by atoms with Crippen LogP contribution in [-0.4, -0.2) is 5.97 Å². The minimum atomic E-state index is -0.487. The van der Waals surface area contributed by atoms with Crippen LogP contribution in [0.25, 0.3) is 10.8 Å². The number of carbonyl (C=O) groups excluding carboxylic acids is 1. The Bertz CT molecular complexity index is 878. The Labute approximate surface area is 149 Å². The molecule has 0 radical (unpaired) electrons. The Morgan fingerprint density at radius 3 is 2.27 bits per heavy atom. The van der Waals surface area contributed by atoms with Crippen molar-refractivity contribution in [3.05, 3.63) is 74.1 Å². The molecule has 3 aromatic rings. The van der Waals surface area contributed by atoms with Crippen molar-refractivity contribution in [2.24, 2.45) is 0 Å². The molecule has 5 heteroatoms. The van der Waals surface area contributed by atoms with Gasteiger partial charge in [-0.2, -0.15) is 0 Å². The minimum absolute atomic E-state index is 0.336. The molecule has 0 amide bonds. The number of benzene rings is 3. The molecule has 0 unspecified atom stereocenters. The topological polar surface area (TPSA) is 26.3 Å². The molecule has 0 aliphatic carbocycles. The lowest BCUT2D eigenvalue weighted by atomic mass is 10.1. The SMILES string of the molecule is O=C(Oc1c(Br)cc(Br)c2ccccc12)c1ccccc1Cl. The van der Waals surface area contributed by atoms with E-state index < -0.39 is 5.97 Å². The second-order valence-corrected chi connectivity index (χ2v) is 6.70. The first-order chi connectivity index (χ1) is 10.6. The van der Waals surface area contributed by atoms with E-state index in [1.807, 2.05) is 30.3 Å². The molecule has 0 aromatic heterocycles. The number of hydrogen-bond acceptors (Lipinski definition) is 2. The normalized spacial score (nSPS) is 10.7. The van der Waals surface area contributed by atoms with E-state index in [9.17, 15) is 4.79 Å². The van der Waals surface area contributed by atoms with Crippen LogP contribution in [-0.2, 0) is 0 Å². The number of fused-ring (bicyclic) bond motifs is 1. The van der Waals surface area contributed by atoms with Gasteiger partial charge in [-0.05, 0) is 39.5 Å². The van der Waals surface area contributed by atoms with Crippen molar-refractivity contribution in [2.75, 3.05) is 0 Å². The highest BCUT2D eigenvalue weighted by Gasteiger charge is 2.17. The van der Waals surface area contributed by atoms with E-state index in [-0.39, 0.29) is 0 Å². The van der Waals surface area contributed by atoms with Crippen LogP contribution in [0.1, 0.15) is 10.4 Å². The van der Waals surface area contributed by atoms with Crippen LogP contribution in [0.4, 0.5) is 0 Å². The van der Waals surface area contributed by atoms with Crippen molar-refractivity contribution >= 4 is 60.2 Å². The summed E-state index contributed by atoms with van der Waals surface area (Å²) in [6, 6.07) is 16.4. The van der Waals surface area contributed by atoms with Crippen LogP contribution in [0.2, 0.25) is 5.02 Å². The standard InChI is InChI=1S/C17H9Br2ClO2/c18-13-9-14(19)16(11-6-2-1-5-10(11)13)22-17(21)12-7-3-4-8-15(12)20/h1-9H. The van der Waals surface area contributed by atoms with E-state index in [1.165, 1.54) is 0 Å². The number of ether oxygens (including phenoxy) is 1. The minimum Gasteiger partial charge on any atom is -0.421 e. The molecule has 22 heavy (non-hydrogen) atoms. The van der Waals surface area contributed by atoms with Gasteiger partial charge in [0.1, 0.15) is 0 Å². The van der Waals surface area contributed by atoms with Crippen molar-refractivity contribution in [3.8, 4) is 5.75 Å². The monoisotopic (exact) mass is 438 g/mol. The first kappa shape index (κ1) is 15.5. The lowest BCUT2D eigenvalue weighted by molar-refractivity contribution is 0.0736. The Hall–Kier alpha value is -1.36. The van der Waals surface area contributed by atoms with E-state index in [1.54, 1.807) is 24.3 Å². The Morgan fingerprint density at radius 2 is 1.55 bits per heavy atom.